The van der Waals surface area contributed by atoms with Crippen LogP contribution in [0.2, 0.25) is 0 Å². The van der Waals surface area contributed by atoms with E-state index in [0.717, 1.165) is 42.3 Å². The summed E-state index contributed by atoms with van der Waals surface area (Å²) in [5.41, 5.74) is 3.24. The van der Waals surface area contributed by atoms with Crippen LogP contribution in [0.25, 0.3) is 10.9 Å². The first-order chi connectivity index (χ1) is 18.3. The highest BCUT2D eigenvalue weighted by Crippen LogP contribution is 2.44. The highest BCUT2D eigenvalue weighted by atomic mass is 32.2. The molecule has 3 rings (SSSR count). The number of nitrogens with one attached hydrogen (secondary N) is 2. The van der Waals surface area contributed by atoms with Gasteiger partial charge >= 0.3 is 0 Å². The molecular formula is C29H47N5O4S. The van der Waals surface area contributed by atoms with Crippen molar-refractivity contribution in [2.75, 3.05) is 44.2 Å². The predicted molar refractivity (Wildman–Crippen MR) is 159 cm³/mol. The normalized spacial score (nSPS) is 14.7. The van der Waals surface area contributed by atoms with Gasteiger partial charge in [0.05, 0.1) is 10.5 Å². The fourth-order valence-corrected chi connectivity index (χ4v) is 6.03. The van der Waals surface area contributed by atoms with E-state index in [1.807, 2.05) is 28.8 Å². The molecule has 0 aliphatic carbocycles. The maximum absolute atomic E-state index is 12.8. The van der Waals surface area contributed by atoms with Crippen molar-refractivity contribution >= 4 is 40.2 Å². The lowest BCUT2D eigenvalue weighted by molar-refractivity contribution is -0.131. The molecule has 1 saturated heterocycles. The molecule has 2 amide bonds. The monoisotopic (exact) mass is 561 g/mol. The molecule has 2 aromatic rings. The first kappa shape index (κ1) is 31.1. The van der Waals surface area contributed by atoms with Gasteiger partial charge in [-0.1, -0.05) is 48.0 Å². The lowest BCUT2D eigenvalue weighted by Crippen LogP contribution is -2.48. The van der Waals surface area contributed by atoms with Gasteiger partial charge in [-0.3, -0.25) is 14.4 Å². The molecule has 1 aliphatic heterocycles. The number of nitrogens with two attached hydrogens (primary N) is 1. The third-order valence-electron chi connectivity index (χ3n) is 6.66. The number of hydrogen-bond donors (Lipinski definition) is 4. The third kappa shape index (κ3) is 9.05. The van der Waals surface area contributed by atoms with Crippen molar-refractivity contribution in [1.82, 2.24) is 15.2 Å². The fourth-order valence-electron chi connectivity index (χ4n) is 4.96. The second kappa shape index (κ2) is 13.3. The second-order valence-corrected chi connectivity index (χ2v) is 14.4. The van der Waals surface area contributed by atoms with Crippen LogP contribution in [0.15, 0.2) is 17.2 Å². The van der Waals surface area contributed by atoms with Gasteiger partial charge in [0.15, 0.2) is 0 Å². The number of aromatic amines is 1. The maximum atomic E-state index is 12.8. The van der Waals surface area contributed by atoms with Gasteiger partial charge in [0.25, 0.3) is 0 Å². The number of thioether (sulfide) groups is 1. The molecule has 0 spiro atoms. The van der Waals surface area contributed by atoms with E-state index < -0.39 is 0 Å². The number of anilines is 1. The predicted octanol–water partition coefficient (Wildman–Crippen LogP) is 4.57. The SMILES string of the molecule is CC(C)(C)Cc1c(SC(C)(C)C)[nH]c2c(N3CCN(C(=O)CCCCCNC(=O)CON)CC3)c(O)ccc12. The first-order valence-electron chi connectivity index (χ1n) is 14.0. The molecule has 218 valence electrons. The van der Waals surface area contributed by atoms with Gasteiger partial charge in [0, 0.05) is 49.3 Å². The zero-order valence-corrected chi connectivity index (χ0v) is 25.3. The van der Waals surface area contributed by atoms with Crippen LogP contribution >= 0.6 is 11.8 Å². The molecule has 0 saturated carbocycles. The van der Waals surface area contributed by atoms with E-state index in [-0.39, 0.29) is 34.3 Å². The highest BCUT2D eigenvalue weighted by molar-refractivity contribution is 8.00. The van der Waals surface area contributed by atoms with Gasteiger partial charge in [0.2, 0.25) is 11.8 Å². The average molecular weight is 562 g/mol. The van der Waals surface area contributed by atoms with Crippen molar-refractivity contribution in [3.63, 3.8) is 0 Å². The van der Waals surface area contributed by atoms with Crippen molar-refractivity contribution in [3.05, 3.63) is 17.7 Å². The Hall–Kier alpha value is -2.43. The summed E-state index contributed by atoms with van der Waals surface area (Å²) in [5.74, 6) is 5.08. The average Bonchev–Trinajstić information content (AvgIpc) is 3.15. The van der Waals surface area contributed by atoms with Crippen molar-refractivity contribution in [1.29, 1.82) is 0 Å². The molecule has 2 heterocycles. The molecule has 1 aliphatic rings. The summed E-state index contributed by atoms with van der Waals surface area (Å²) in [5, 5.41) is 16.0. The number of nitrogens with zero attached hydrogens (tertiary/aromatic N) is 2. The van der Waals surface area contributed by atoms with E-state index in [1.54, 1.807) is 0 Å². The number of benzene rings is 1. The Morgan fingerprint density at radius 1 is 1.08 bits per heavy atom. The Bertz CT molecular complexity index is 1130. The van der Waals surface area contributed by atoms with Crippen LogP contribution in [-0.2, 0) is 20.8 Å². The van der Waals surface area contributed by atoms with Crippen molar-refractivity contribution < 1.29 is 19.5 Å². The first-order valence-corrected chi connectivity index (χ1v) is 14.8. The Morgan fingerprint density at radius 2 is 1.77 bits per heavy atom. The number of unbranched alkanes of at least 4 members (excludes halogenated alkanes) is 2. The number of phenols is 1. The van der Waals surface area contributed by atoms with Crippen molar-refractivity contribution in [2.45, 2.75) is 83.4 Å². The molecular weight excluding hydrogens is 514 g/mol. The molecule has 1 aromatic carbocycles. The fraction of sp³-hybridized carbons (Fsp3) is 0.655. The summed E-state index contributed by atoms with van der Waals surface area (Å²) in [6.45, 7) is 16.4. The second-order valence-electron chi connectivity index (χ2n) is 12.6. The van der Waals surface area contributed by atoms with Crippen molar-refractivity contribution in [2.24, 2.45) is 11.3 Å². The number of fused-ring (bicyclic) bond motifs is 1. The number of carbonyl (C=O) groups excluding carboxylic acids is 2. The van der Waals surface area contributed by atoms with Crippen LogP contribution in [0.3, 0.4) is 0 Å². The smallest absolute Gasteiger partial charge is 0.248 e. The van der Waals surface area contributed by atoms with E-state index in [0.29, 0.717) is 39.1 Å². The van der Waals surface area contributed by atoms with E-state index in [4.69, 9.17) is 5.90 Å². The van der Waals surface area contributed by atoms with Gasteiger partial charge in [-0.05, 0) is 42.4 Å². The van der Waals surface area contributed by atoms with Gasteiger partial charge in [-0.15, -0.1) is 11.8 Å². The van der Waals surface area contributed by atoms with Crippen LogP contribution in [-0.4, -0.2) is 70.9 Å². The molecule has 1 fully saturated rings. The number of aromatic hydroxyl groups is 1. The van der Waals surface area contributed by atoms with Gasteiger partial charge < -0.3 is 25.2 Å². The van der Waals surface area contributed by atoms with Crippen LogP contribution in [0.4, 0.5) is 5.69 Å². The number of carbonyl (C=O) groups is 2. The van der Waals surface area contributed by atoms with Gasteiger partial charge in [0.1, 0.15) is 18.0 Å². The summed E-state index contributed by atoms with van der Waals surface area (Å²) in [6.07, 6.45) is 3.90. The number of piperazine rings is 1. The Kier molecular flexibility index (Phi) is 10.6. The lowest BCUT2D eigenvalue weighted by Gasteiger charge is -2.36. The summed E-state index contributed by atoms with van der Waals surface area (Å²) in [6, 6.07) is 3.85. The molecule has 0 unspecified atom stereocenters. The molecule has 0 atom stereocenters. The minimum absolute atomic E-state index is 0.0507. The minimum atomic E-state index is -0.234. The number of rotatable bonds is 11. The largest absolute Gasteiger partial charge is 0.506 e. The number of hydrogen-bond acceptors (Lipinski definition) is 7. The zero-order chi connectivity index (χ0) is 28.8. The molecule has 9 nitrogen and oxygen atoms in total. The van der Waals surface area contributed by atoms with Crippen LogP contribution < -0.4 is 16.1 Å². The van der Waals surface area contributed by atoms with E-state index in [1.165, 1.54) is 10.6 Å². The highest BCUT2D eigenvalue weighted by Gasteiger charge is 2.28. The topological polar surface area (TPSA) is 124 Å². The van der Waals surface area contributed by atoms with Crippen LogP contribution in [0, 0.1) is 5.41 Å². The lowest BCUT2D eigenvalue weighted by atomic mass is 9.88. The molecule has 5 N–H and O–H groups in total. The van der Waals surface area contributed by atoms with Gasteiger partial charge in [-0.2, -0.15) is 0 Å². The Labute approximate surface area is 237 Å². The standard InChI is InChI=1S/C29H47N5O4S/c1-28(2,3)18-21-20-11-12-22(35)26(25(20)32-27(21)39-29(4,5)6)34-16-14-33(15-17-34)24(37)10-8-7-9-13-31-23(36)19-38-30/h11-12,32,35H,7-10,13-19,30H2,1-6H3,(H,31,36). The third-order valence-corrected chi connectivity index (χ3v) is 7.83. The molecule has 10 heteroatoms. The van der Waals surface area contributed by atoms with E-state index >= 15 is 0 Å². The summed E-state index contributed by atoms with van der Waals surface area (Å²) in [7, 11) is 0. The Morgan fingerprint density at radius 3 is 2.38 bits per heavy atom. The molecule has 0 bridgehead atoms. The zero-order valence-electron chi connectivity index (χ0n) is 24.5. The Balaban J connectivity index is 1.64. The summed E-state index contributed by atoms with van der Waals surface area (Å²) >= 11 is 1.84. The number of amides is 2. The van der Waals surface area contributed by atoms with Crippen LogP contribution in [0.1, 0.15) is 72.8 Å². The maximum Gasteiger partial charge on any atom is 0.248 e. The van der Waals surface area contributed by atoms with Gasteiger partial charge in [-0.25, -0.2) is 5.90 Å². The molecule has 39 heavy (non-hydrogen) atoms. The quantitative estimate of drug-likeness (QED) is 0.180. The number of phenolic OH excluding ortho intramolecular Hbond substituents is 1. The van der Waals surface area contributed by atoms with Crippen molar-refractivity contribution in [3.8, 4) is 5.75 Å². The minimum Gasteiger partial charge on any atom is -0.506 e. The summed E-state index contributed by atoms with van der Waals surface area (Å²) < 4.78 is 0.0507. The number of aromatic nitrogens is 1. The number of H-pyrrole nitrogens is 1. The summed E-state index contributed by atoms with van der Waals surface area (Å²) in [4.78, 5) is 36.3. The van der Waals surface area contributed by atoms with Crippen LogP contribution in [0.5, 0.6) is 5.75 Å². The van der Waals surface area contributed by atoms with E-state index in [9.17, 15) is 14.7 Å². The van der Waals surface area contributed by atoms with E-state index in [2.05, 4.69) is 61.6 Å². The molecule has 0 radical (unpaired) electrons. The molecule has 1 aromatic heterocycles.